The first-order valence-corrected chi connectivity index (χ1v) is 8.31. The predicted molar refractivity (Wildman–Crippen MR) is 97.6 cm³/mol. The van der Waals surface area contributed by atoms with E-state index < -0.39 is 0 Å². The summed E-state index contributed by atoms with van der Waals surface area (Å²) >= 11 is 0. The Labute approximate surface area is 147 Å². The Morgan fingerprint density at radius 2 is 2.00 bits per heavy atom. The van der Waals surface area contributed by atoms with E-state index in [2.05, 4.69) is 14.9 Å². The highest BCUT2D eigenvalue weighted by Gasteiger charge is 2.22. The van der Waals surface area contributed by atoms with Crippen LogP contribution in [0.1, 0.15) is 11.5 Å². The van der Waals surface area contributed by atoms with Gasteiger partial charge in [0, 0.05) is 58.1 Å². The molecule has 1 aliphatic rings. The Hall–Kier alpha value is -2.83. The number of carbonyl (C=O) groups is 1. The fourth-order valence-electron chi connectivity index (χ4n) is 2.68. The SMILES string of the molecule is Cc1cc(N(C)C)nc(N2CCN(C(=O)/C=C/c3ccco3)CC2)n1. The summed E-state index contributed by atoms with van der Waals surface area (Å²) in [5.74, 6) is 2.29. The summed E-state index contributed by atoms with van der Waals surface area (Å²) in [6, 6.07) is 5.58. The predicted octanol–water partition coefficient (Wildman–Crippen LogP) is 1.81. The van der Waals surface area contributed by atoms with Crippen molar-refractivity contribution < 1.29 is 9.21 Å². The summed E-state index contributed by atoms with van der Waals surface area (Å²) in [7, 11) is 3.93. The van der Waals surface area contributed by atoms with Crippen LogP contribution in [0.15, 0.2) is 35.0 Å². The highest BCUT2D eigenvalue weighted by Crippen LogP contribution is 2.17. The van der Waals surface area contributed by atoms with Gasteiger partial charge >= 0.3 is 0 Å². The van der Waals surface area contributed by atoms with Gasteiger partial charge < -0.3 is 19.1 Å². The van der Waals surface area contributed by atoms with Crippen molar-refractivity contribution in [3.63, 3.8) is 0 Å². The number of furan rings is 1. The van der Waals surface area contributed by atoms with Crippen LogP contribution in [0.5, 0.6) is 0 Å². The van der Waals surface area contributed by atoms with Crippen LogP contribution in [0.4, 0.5) is 11.8 Å². The molecule has 1 saturated heterocycles. The van der Waals surface area contributed by atoms with E-state index in [-0.39, 0.29) is 5.91 Å². The summed E-state index contributed by atoms with van der Waals surface area (Å²) in [6.45, 7) is 4.70. The maximum atomic E-state index is 12.3. The molecule has 2 aromatic heterocycles. The van der Waals surface area contributed by atoms with E-state index in [1.54, 1.807) is 24.5 Å². The van der Waals surface area contributed by atoms with E-state index in [9.17, 15) is 4.79 Å². The maximum absolute atomic E-state index is 12.3. The molecule has 1 amide bonds. The number of aromatic nitrogens is 2. The monoisotopic (exact) mass is 341 g/mol. The zero-order valence-electron chi connectivity index (χ0n) is 14.8. The molecule has 2 aromatic rings. The Morgan fingerprint density at radius 3 is 2.64 bits per heavy atom. The minimum absolute atomic E-state index is 0.00445. The fraction of sp³-hybridized carbons (Fsp3) is 0.389. The normalized spacial score (nSPS) is 15.0. The fourth-order valence-corrected chi connectivity index (χ4v) is 2.68. The van der Waals surface area contributed by atoms with Crippen LogP contribution in [0.25, 0.3) is 6.08 Å². The molecule has 7 nitrogen and oxygen atoms in total. The molecule has 0 radical (unpaired) electrons. The zero-order valence-corrected chi connectivity index (χ0v) is 14.8. The number of hydrogen-bond acceptors (Lipinski definition) is 6. The van der Waals surface area contributed by atoms with Crippen molar-refractivity contribution in [2.45, 2.75) is 6.92 Å². The molecule has 3 rings (SSSR count). The van der Waals surface area contributed by atoms with E-state index in [1.165, 1.54) is 0 Å². The largest absolute Gasteiger partial charge is 0.465 e. The number of carbonyl (C=O) groups excluding carboxylic acids is 1. The summed E-state index contributed by atoms with van der Waals surface area (Å²) in [4.78, 5) is 27.3. The number of nitrogens with zero attached hydrogens (tertiary/aromatic N) is 5. The second-order valence-electron chi connectivity index (χ2n) is 6.22. The molecule has 0 unspecified atom stereocenters. The molecular formula is C18H23N5O2. The van der Waals surface area contributed by atoms with Crippen LogP contribution < -0.4 is 9.80 Å². The summed E-state index contributed by atoms with van der Waals surface area (Å²) in [5.41, 5.74) is 0.939. The van der Waals surface area contributed by atoms with Crippen molar-refractivity contribution in [3.8, 4) is 0 Å². The van der Waals surface area contributed by atoms with Crippen LogP contribution in [0, 0.1) is 6.92 Å². The average Bonchev–Trinajstić information content (AvgIpc) is 3.13. The minimum atomic E-state index is -0.00445. The van der Waals surface area contributed by atoms with Crippen LogP contribution in [0.3, 0.4) is 0 Å². The highest BCUT2D eigenvalue weighted by molar-refractivity contribution is 5.91. The molecule has 7 heteroatoms. The number of anilines is 2. The Morgan fingerprint density at radius 1 is 1.24 bits per heavy atom. The molecule has 25 heavy (non-hydrogen) atoms. The molecule has 3 heterocycles. The van der Waals surface area contributed by atoms with E-state index in [1.807, 2.05) is 43.0 Å². The molecule has 0 N–H and O–H groups in total. The van der Waals surface area contributed by atoms with Crippen LogP contribution >= 0.6 is 0 Å². The molecular weight excluding hydrogens is 318 g/mol. The highest BCUT2D eigenvalue weighted by atomic mass is 16.3. The van der Waals surface area contributed by atoms with Crippen LogP contribution in [-0.2, 0) is 4.79 Å². The second-order valence-corrected chi connectivity index (χ2v) is 6.22. The lowest BCUT2D eigenvalue weighted by Crippen LogP contribution is -2.49. The number of amides is 1. The zero-order chi connectivity index (χ0) is 17.8. The Bertz CT molecular complexity index is 747. The standard InChI is InChI=1S/C18H23N5O2/c1-14-13-16(21(2)3)20-18(19-14)23-10-8-22(9-11-23)17(24)7-6-15-5-4-12-25-15/h4-7,12-13H,8-11H2,1-3H3/b7-6+. The molecule has 0 spiro atoms. The van der Waals surface area contributed by atoms with Crippen molar-refractivity contribution in [3.05, 3.63) is 42.0 Å². The van der Waals surface area contributed by atoms with Gasteiger partial charge in [-0.25, -0.2) is 4.98 Å². The minimum Gasteiger partial charge on any atom is -0.465 e. The van der Waals surface area contributed by atoms with Crippen LogP contribution in [0.2, 0.25) is 0 Å². The third-order valence-electron chi connectivity index (χ3n) is 4.09. The molecule has 0 bridgehead atoms. The summed E-state index contributed by atoms with van der Waals surface area (Å²) in [6.07, 6.45) is 4.84. The smallest absolute Gasteiger partial charge is 0.246 e. The van der Waals surface area contributed by atoms with Gasteiger partial charge in [0.2, 0.25) is 11.9 Å². The van der Waals surface area contributed by atoms with Crippen molar-refractivity contribution >= 4 is 23.7 Å². The van der Waals surface area contributed by atoms with E-state index in [0.29, 0.717) is 18.8 Å². The third kappa shape index (κ3) is 4.17. The molecule has 0 aliphatic carbocycles. The molecule has 0 saturated carbocycles. The summed E-state index contributed by atoms with van der Waals surface area (Å²) < 4.78 is 5.20. The molecule has 0 atom stereocenters. The molecule has 1 fully saturated rings. The number of hydrogen-bond donors (Lipinski definition) is 0. The molecule has 1 aliphatic heterocycles. The number of rotatable bonds is 4. The van der Waals surface area contributed by atoms with Crippen molar-refractivity contribution in [2.75, 3.05) is 50.1 Å². The van der Waals surface area contributed by atoms with Gasteiger partial charge in [-0.1, -0.05) is 0 Å². The van der Waals surface area contributed by atoms with Gasteiger partial charge in [0.15, 0.2) is 0 Å². The van der Waals surface area contributed by atoms with Crippen molar-refractivity contribution in [2.24, 2.45) is 0 Å². The van der Waals surface area contributed by atoms with Gasteiger partial charge in [0.25, 0.3) is 0 Å². The quantitative estimate of drug-likeness (QED) is 0.790. The van der Waals surface area contributed by atoms with Crippen LogP contribution in [-0.4, -0.2) is 61.0 Å². The lowest BCUT2D eigenvalue weighted by Gasteiger charge is -2.34. The van der Waals surface area contributed by atoms with Gasteiger partial charge in [0.05, 0.1) is 6.26 Å². The van der Waals surface area contributed by atoms with Crippen molar-refractivity contribution in [1.29, 1.82) is 0 Å². The Balaban J connectivity index is 1.61. The average molecular weight is 341 g/mol. The van der Waals surface area contributed by atoms with Gasteiger partial charge in [-0.3, -0.25) is 4.79 Å². The third-order valence-corrected chi connectivity index (χ3v) is 4.09. The van der Waals surface area contributed by atoms with Gasteiger partial charge in [0.1, 0.15) is 11.6 Å². The lowest BCUT2D eigenvalue weighted by atomic mass is 10.3. The van der Waals surface area contributed by atoms with E-state index in [0.717, 1.165) is 30.5 Å². The van der Waals surface area contributed by atoms with E-state index >= 15 is 0 Å². The van der Waals surface area contributed by atoms with Crippen molar-refractivity contribution in [1.82, 2.24) is 14.9 Å². The number of aryl methyl sites for hydroxylation is 1. The first kappa shape index (κ1) is 17.0. The summed E-state index contributed by atoms with van der Waals surface area (Å²) in [5, 5.41) is 0. The Kier molecular flexibility index (Phi) is 5.02. The first-order chi connectivity index (χ1) is 12.0. The molecule has 132 valence electrons. The second kappa shape index (κ2) is 7.38. The van der Waals surface area contributed by atoms with Gasteiger partial charge in [-0.05, 0) is 25.1 Å². The van der Waals surface area contributed by atoms with Gasteiger partial charge in [-0.2, -0.15) is 4.98 Å². The number of piperazine rings is 1. The van der Waals surface area contributed by atoms with E-state index in [4.69, 9.17) is 4.42 Å². The lowest BCUT2D eigenvalue weighted by molar-refractivity contribution is -0.126. The van der Waals surface area contributed by atoms with Gasteiger partial charge in [-0.15, -0.1) is 0 Å². The maximum Gasteiger partial charge on any atom is 0.246 e. The topological polar surface area (TPSA) is 65.7 Å². The molecule has 0 aromatic carbocycles. The first-order valence-electron chi connectivity index (χ1n) is 8.31.